The molecule has 0 aliphatic heterocycles. The normalized spacial score (nSPS) is 11.5. The minimum absolute atomic E-state index is 0.0963. The number of imidazole rings is 1. The number of hydrogen-bond donors (Lipinski definition) is 1. The molecule has 2 heterocycles. The topological polar surface area (TPSA) is 85.3 Å². The van der Waals surface area contributed by atoms with Crippen LogP contribution in [0.1, 0.15) is 11.1 Å². The monoisotopic (exact) mass is 563 g/mol. The van der Waals surface area contributed by atoms with E-state index in [1.54, 1.807) is 34.9 Å². The van der Waals surface area contributed by atoms with E-state index in [1.807, 2.05) is 54.4 Å². The number of aromatic nitrogens is 4. The van der Waals surface area contributed by atoms with Crippen LogP contribution in [0.3, 0.4) is 0 Å². The second kappa shape index (κ2) is 11.2. The summed E-state index contributed by atoms with van der Waals surface area (Å²) < 4.78 is 4.34. The molecular weight excluding hydrogens is 537 g/mol. The van der Waals surface area contributed by atoms with Crippen molar-refractivity contribution in [2.45, 2.75) is 13.1 Å². The molecule has 0 spiro atoms. The van der Waals surface area contributed by atoms with Gasteiger partial charge < -0.3 is 5.11 Å². The van der Waals surface area contributed by atoms with Crippen LogP contribution in [0.5, 0.6) is 0 Å². The third kappa shape index (κ3) is 5.29. The van der Waals surface area contributed by atoms with Crippen LogP contribution in [-0.2, 0) is 20.1 Å². The number of aliphatic hydroxyl groups excluding tert-OH is 1. The molecule has 0 aliphatic carbocycles. The maximum absolute atomic E-state index is 13.6. The molecule has 1 N–H and O–H groups in total. The van der Waals surface area contributed by atoms with E-state index >= 15 is 0 Å². The molecule has 5 aromatic rings. The van der Waals surface area contributed by atoms with E-state index in [0.717, 1.165) is 15.7 Å². The minimum Gasteiger partial charge on any atom is -0.395 e. The van der Waals surface area contributed by atoms with Crippen molar-refractivity contribution < 1.29 is 5.11 Å². The summed E-state index contributed by atoms with van der Waals surface area (Å²) in [6.07, 6.45) is 0. The number of halogens is 2. The van der Waals surface area contributed by atoms with Crippen molar-refractivity contribution in [2.75, 3.05) is 20.2 Å². The molecule has 0 amide bonds. The first-order valence-electron chi connectivity index (χ1n) is 12.4. The Balaban J connectivity index is 1.70. The average molecular weight is 564 g/mol. The van der Waals surface area contributed by atoms with Gasteiger partial charge in [-0.2, -0.15) is 0 Å². The second-order valence-corrected chi connectivity index (χ2v) is 10.3. The number of rotatable bonds is 8. The molecular formula is C29H27Cl2N5O3. The molecule has 0 unspecified atom stereocenters. The Labute approximate surface area is 234 Å². The molecule has 5 rings (SSSR count). The summed E-state index contributed by atoms with van der Waals surface area (Å²) in [5, 5.41) is 10.2. The van der Waals surface area contributed by atoms with Crippen LogP contribution >= 0.6 is 23.2 Å². The van der Waals surface area contributed by atoms with Gasteiger partial charge in [0.15, 0.2) is 11.2 Å². The fourth-order valence-corrected chi connectivity index (χ4v) is 4.95. The molecule has 200 valence electrons. The zero-order chi connectivity index (χ0) is 27.7. The van der Waals surface area contributed by atoms with Crippen LogP contribution in [0.2, 0.25) is 10.0 Å². The van der Waals surface area contributed by atoms with Gasteiger partial charge in [0, 0.05) is 36.4 Å². The van der Waals surface area contributed by atoms with Crippen LogP contribution in [0.25, 0.3) is 28.2 Å². The summed E-state index contributed by atoms with van der Waals surface area (Å²) >= 11 is 12.7. The van der Waals surface area contributed by atoms with Gasteiger partial charge in [-0.3, -0.25) is 23.4 Å². The lowest BCUT2D eigenvalue weighted by molar-refractivity contribution is 0.217. The molecule has 39 heavy (non-hydrogen) atoms. The number of fused-ring (bicyclic) bond motifs is 1. The fraction of sp³-hybridized carbons (Fsp3) is 0.207. The first-order valence-corrected chi connectivity index (χ1v) is 13.1. The predicted octanol–water partition coefficient (Wildman–Crippen LogP) is 4.33. The number of benzene rings is 3. The molecule has 0 saturated heterocycles. The first-order chi connectivity index (χ1) is 18.8. The van der Waals surface area contributed by atoms with Crippen molar-refractivity contribution in [1.29, 1.82) is 0 Å². The van der Waals surface area contributed by atoms with Gasteiger partial charge in [0.25, 0.3) is 5.56 Å². The zero-order valence-corrected chi connectivity index (χ0v) is 23.0. The summed E-state index contributed by atoms with van der Waals surface area (Å²) in [6, 6.07) is 22.2. The lowest BCUT2D eigenvalue weighted by Gasteiger charge is -2.15. The van der Waals surface area contributed by atoms with Crippen molar-refractivity contribution in [3.63, 3.8) is 0 Å². The highest BCUT2D eigenvalue weighted by Gasteiger charge is 2.23. The highest BCUT2D eigenvalue weighted by Crippen LogP contribution is 2.32. The Bertz CT molecular complexity index is 1760. The molecule has 0 saturated carbocycles. The SMILES string of the molecule is CN(CCO)Cc1ccc(Cn2c(=O)n(C)c(=O)c3c2nc(-c2ccccc2Cl)n3-c2ccc(Cl)cc2)cc1. The first kappa shape index (κ1) is 26.9. The third-order valence-corrected chi connectivity index (χ3v) is 7.22. The molecule has 0 bridgehead atoms. The lowest BCUT2D eigenvalue weighted by atomic mass is 10.1. The molecule has 2 aromatic heterocycles. The van der Waals surface area contributed by atoms with Gasteiger partial charge in [0.05, 0.1) is 18.2 Å². The second-order valence-electron chi connectivity index (χ2n) is 9.41. The minimum atomic E-state index is -0.467. The maximum atomic E-state index is 13.6. The van der Waals surface area contributed by atoms with Crippen molar-refractivity contribution in [2.24, 2.45) is 7.05 Å². The Morgan fingerprint density at radius 2 is 1.59 bits per heavy atom. The third-order valence-electron chi connectivity index (χ3n) is 6.64. The van der Waals surface area contributed by atoms with Crippen molar-refractivity contribution in [3.05, 3.63) is 115 Å². The van der Waals surface area contributed by atoms with Gasteiger partial charge in [0.2, 0.25) is 0 Å². The summed E-state index contributed by atoms with van der Waals surface area (Å²) in [4.78, 5) is 33.8. The molecule has 3 aromatic carbocycles. The number of hydrogen-bond acceptors (Lipinski definition) is 5. The predicted molar refractivity (Wildman–Crippen MR) is 155 cm³/mol. The molecule has 0 radical (unpaired) electrons. The standard InChI is InChI=1S/C29H27Cl2N5O3/c1-33(15-16-37)17-19-7-9-20(10-8-19)18-35-27-25(28(38)34(2)29(35)39)36(22-13-11-21(30)12-14-22)26(32-27)23-5-3-4-6-24(23)31/h3-14,37H,15-18H2,1-2H3. The van der Waals surface area contributed by atoms with E-state index in [1.165, 1.54) is 11.6 Å². The quantitative estimate of drug-likeness (QED) is 0.303. The van der Waals surface area contributed by atoms with E-state index < -0.39 is 11.2 Å². The van der Waals surface area contributed by atoms with E-state index in [4.69, 9.17) is 33.3 Å². The molecule has 0 fully saturated rings. The van der Waals surface area contributed by atoms with Gasteiger partial charge in [-0.05, 0) is 54.6 Å². The van der Waals surface area contributed by atoms with E-state index in [2.05, 4.69) is 0 Å². The molecule has 8 nitrogen and oxygen atoms in total. The van der Waals surface area contributed by atoms with Crippen LogP contribution < -0.4 is 11.2 Å². The number of nitrogens with zero attached hydrogens (tertiary/aromatic N) is 5. The lowest BCUT2D eigenvalue weighted by Crippen LogP contribution is -2.39. The summed E-state index contributed by atoms with van der Waals surface area (Å²) in [6.45, 7) is 1.59. The maximum Gasteiger partial charge on any atom is 0.332 e. The highest BCUT2D eigenvalue weighted by atomic mass is 35.5. The number of aliphatic hydroxyl groups is 1. The Morgan fingerprint density at radius 3 is 2.26 bits per heavy atom. The Morgan fingerprint density at radius 1 is 0.923 bits per heavy atom. The van der Waals surface area contributed by atoms with E-state index in [-0.39, 0.29) is 24.3 Å². The molecule has 0 aliphatic rings. The highest BCUT2D eigenvalue weighted by molar-refractivity contribution is 6.33. The van der Waals surface area contributed by atoms with Crippen LogP contribution in [0.15, 0.2) is 82.4 Å². The average Bonchev–Trinajstić information content (AvgIpc) is 3.32. The van der Waals surface area contributed by atoms with E-state index in [9.17, 15) is 9.59 Å². The Hall–Kier alpha value is -3.69. The largest absolute Gasteiger partial charge is 0.395 e. The number of likely N-dealkylation sites (N-methyl/N-ethyl adjacent to an activating group) is 1. The van der Waals surface area contributed by atoms with Gasteiger partial charge in [0.1, 0.15) is 5.82 Å². The summed E-state index contributed by atoms with van der Waals surface area (Å²) in [5.41, 5.74) is 2.85. The van der Waals surface area contributed by atoms with Gasteiger partial charge in [-0.15, -0.1) is 0 Å². The molecule has 10 heteroatoms. The van der Waals surface area contributed by atoms with Gasteiger partial charge in [-0.1, -0.05) is 59.6 Å². The smallest absolute Gasteiger partial charge is 0.332 e. The Kier molecular flexibility index (Phi) is 7.72. The van der Waals surface area contributed by atoms with Crippen LogP contribution in [0, 0.1) is 0 Å². The van der Waals surface area contributed by atoms with E-state index in [0.29, 0.717) is 40.2 Å². The zero-order valence-electron chi connectivity index (χ0n) is 21.5. The van der Waals surface area contributed by atoms with Gasteiger partial charge in [-0.25, -0.2) is 9.78 Å². The molecule has 0 atom stereocenters. The fourth-order valence-electron chi connectivity index (χ4n) is 4.61. The summed E-state index contributed by atoms with van der Waals surface area (Å²) in [5.74, 6) is 0.441. The van der Waals surface area contributed by atoms with Crippen LogP contribution in [-0.4, -0.2) is 48.9 Å². The van der Waals surface area contributed by atoms with Crippen LogP contribution in [0.4, 0.5) is 0 Å². The van der Waals surface area contributed by atoms with Crippen molar-refractivity contribution >= 4 is 34.4 Å². The van der Waals surface area contributed by atoms with Crippen molar-refractivity contribution in [3.8, 4) is 17.1 Å². The summed E-state index contributed by atoms with van der Waals surface area (Å²) in [7, 11) is 3.41. The van der Waals surface area contributed by atoms with Crippen molar-refractivity contribution in [1.82, 2.24) is 23.6 Å². The van der Waals surface area contributed by atoms with Gasteiger partial charge >= 0.3 is 5.69 Å².